The molecule has 4 aromatic rings. The van der Waals surface area contributed by atoms with Crippen LogP contribution in [0.25, 0.3) is 22.2 Å². The molecule has 1 aliphatic rings. The number of benzene rings is 3. The van der Waals surface area contributed by atoms with Crippen LogP contribution in [0.1, 0.15) is 24.2 Å². The minimum atomic E-state index is -3.33. The number of sulfone groups is 1. The van der Waals surface area contributed by atoms with E-state index in [0.717, 1.165) is 24.0 Å². The molecule has 170 valence electrons. The van der Waals surface area contributed by atoms with Crippen LogP contribution in [0.4, 0.5) is 0 Å². The number of rotatable bonds is 6. The van der Waals surface area contributed by atoms with E-state index in [1.807, 2.05) is 18.2 Å². The molecule has 1 heterocycles. The summed E-state index contributed by atoms with van der Waals surface area (Å²) in [4.78, 5) is 8.15. The lowest BCUT2D eigenvalue weighted by molar-refractivity contribution is 0.592. The van der Waals surface area contributed by atoms with Gasteiger partial charge in [-0.25, -0.2) is 13.4 Å². The molecule has 0 amide bonds. The Labute approximate surface area is 211 Å². The van der Waals surface area contributed by atoms with Crippen molar-refractivity contribution in [1.29, 1.82) is 0 Å². The van der Waals surface area contributed by atoms with Crippen LogP contribution in [0, 0.1) is 5.92 Å². The van der Waals surface area contributed by atoms with Crippen molar-refractivity contribution < 1.29 is 8.42 Å². The highest BCUT2D eigenvalue weighted by atomic mass is 35.5. The van der Waals surface area contributed by atoms with Crippen LogP contribution in [-0.2, 0) is 16.3 Å². The second-order valence-corrected chi connectivity index (χ2v) is 11.9. The van der Waals surface area contributed by atoms with Gasteiger partial charge >= 0.3 is 0 Å². The first-order valence-electron chi connectivity index (χ1n) is 10.4. The molecule has 9 heteroatoms. The average molecular weight is 540 g/mol. The van der Waals surface area contributed by atoms with E-state index >= 15 is 0 Å². The largest absolute Gasteiger partial charge is 0.342 e. The predicted octanol–water partition coefficient (Wildman–Crippen LogP) is 7.62. The minimum absolute atomic E-state index is 0.180. The molecule has 0 unspecified atom stereocenters. The molecule has 0 radical (unpaired) electrons. The molecule has 33 heavy (non-hydrogen) atoms. The molecule has 1 N–H and O–H groups in total. The SMILES string of the molecule is O=S(=O)(CC1CC1)c1ccc(Cc2nc3c(Cl)c(-c4ccccc4Cl)c(Cl)cc3[nH]2)c(Cl)c1. The smallest absolute Gasteiger partial charge is 0.178 e. The summed E-state index contributed by atoms with van der Waals surface area (Å²) < 4.78 is 25.1. The lowest BCUT2D eigenvalue weighted by Gasteiger charge is -2.09. The number of nitrogens with zero attached hydrogens (tertiary/aromatic N) is 1. The van der Waals surface area contributed by atoms with Gasteiger partial charge in [-0.15, -0.1) is 0 Å². The lowest BCUT2D eigenvalue weighted by Crippen LogP contribution is -2.08. The number of H-pyrrole nitrogens is 1. The van der Waals surface area contributed by atoms with Gasteiger partial charge in [-0.05, 0) is 48.6 Å². The van der Waals surface area contributed by atoms with E-state index in [0.29, 0.717) is 48.9 Å². The molecule has 3 aromatic carbocycles. The van der Waals surface area contributed by atoms with E-state index < -0.39 is 9.84 Å². The summed E-state index contributed by atoms with van der Waals surface area (Å²) in [6.07, 6.45) is 2.33. The molecular weight excluding hydrogens is 522 g/mol. The summed E-state index contributed by atoms with van der Waals surface area (Å²) in [6.45, 7) is 0. The van der Waals surface area contributed by atoms with Crippen molar-refractivity contribution in [2.75, 3.05) is 5.75 Å². The Bertz CT molecular complexity index is 1490. The third-order valence-corrected chi connectivity index (χ3v) is 8.98. The number of aromatic amines is 1. The molecule has 1 saturated carbocycles. The van der Waals surface area contributed by atoms with E-state index in [-0.39, 0.29) is 16.6 Å². The first-order chi connectivity index (χ1) is 15.7. The van der Waals surface area contributed by atoms with E-state index in [9.17, 15) is 8.42 Å². The topological polar surface area (TPSA) is 62.8 Å². The van der Waals surface area contributed by atoms with Crippen molar-refractivity contribution in [3.8, 4) is 11.1 Å². The van der Waals surface area contributed by atoms with Gasteiger partial charge in [0.05, 0.1) is 26.2 Å². The summed E-state index contributed by atoms with van der Waals surface area (Å²) in [7, 11) is -3.33. The number of fused-ring (bicyclic) bond motifs is 1. The van der Waals surface area contributed by atoms with Crippen LogP contribution in [0.3, 0.4) is 0 Å². The normalized spacial score (nSPS) is 14.2. The van der Waals surface area contributed by atoms with E-state index in [4.69, 9.17) is 46.4 Å². The summed E-state index contributed by atoms with van der Waals surface area (Å²) in [5.41, 5.74) is 3.38. The number of imidazole rings is 1. The Morgan fingerprint density at radius 2 is 1.70 bits per heavy atom. The third kappa shape index (κ3) is 4.62. The van der Waals surface area contributed by atoms with Crippen molar-refractivity contribution in [2.24, 2.45) is 5.92 Å². The zero-order valence-electron chi connectivity index (χ0n) is 17.2. The zero-order valence-corrected chi connectivity index (χ0v) is 21.0. The predicted molar refractivity (Wildman–Crippen MR) is 136 cm³/mol. The van der Waals surface area contributed by atoms with Gasteiger partial charge in [0.25, 0.3) is 0 Å². The Kier molecular flexibility index (Phi) is 6.13. The third-order valence-electron chi connectivity index (χ3n) is 5.75. The maximum Gasteiger partial charge on any atom is 0.178 e. The highest BCUT2D eigenvalue weighted by molar-refractivity contribution is 7.91. The van der Waals surface area contributed by atoms with Crippen molar-refractivity contribution in [1.82, 2.24) is 9.97 Å². The van der Waals surface area contributed by atoms with Crippen LogP contribution < -0.4 is 0 Å². The van der Waals surface area contributed by atoms with Crippen LogP contribution in [0.2, 0.25) is 20.1 Å². The van der Waals surface area contributed by atoms with E-state index in [2.05, 4.69) is 9.97 Å². The highest BCUT2D eigenvalue weighted by Crippen LogP contribution is 2.42. The number of hydrogen-bond donors (Lipinski definition) is 1. The van der Waals surface area contributed by atoms with Gasteiger partial charge in [0.1, 0.15) is 11.3 Å². The van der Waals surface area contributed by atoms with Gasteiger partial charge in [0, 0.05) is 27.6 Å². The molecule has 0 saturated heterocycles. The van der Waals surface area contributed by atoms with Gasteiger partial charge in [0.15, 0.2) is 9.84 Å². The number of halogens is 4. The monoisotopic (exact) mass is 538 g/mol. The maximum atomic E-state index is 12.6. The van der Waals surface area contributed by atoms with Crippen LogP contribution in [0.15, 0.2) is 53.4 Å². The average Bonchev–Trinajstić information content (AvgIpc) is 3.47. The van der Waals surface area contributed by atoms with Gasteiger partial charge in [-0.3, -0.25) is 0 Å². The molecule has 0 aliphatic heterocycles. The molecule has 0 bridgehead atoms. The van der Waals surface area contributed by atoms with Crippen molar-refractivity contribution >= 4 is 67.3 Å². The van der Waals surface area contributed by atoms with Crippen LogP contribution >= 0.6 is 46.4 Å². The van der Waals surface area contributed by atoms with Gasteiger partial charge < -0.3 is 4.98 Å². The Morgan fingerprint density at radius 3 is 2.39 bits per heavy atom. The molecule has 1 aromatic heterocycles. The fraction of sp³-hybridized carbons (Fsp3) is 0.208. The maximum absolute atomic E-state index is 12.6. The number of aromatic nitrogens is 2. The minimum Gasteiger partial charge on any atom is -0.342 e. The lowest BCUT2D eigenvalue weighted by atomic mass is 10.0. The number of nitrogens with one attached hydrogen (secondary N) is 1. The van der Waals surface area contributed by atoms with Crippen molar-refractivity contribution in [3.05, 3.63) is 80.0 Å². The van der Waals surface area contributed by atoms with Crippen LogP contribution in [0.5, 0.6) is 0 Å². The molecule has 0 atom stereocenters. The molecular formula is C24H18Cl4N2O2S. The summed E-state index contributed by atoms with van der Waals surface area (Å²) in [5, 5.41) is 1.79. The van der Waals surface area contributed by atoms with E-state index in [1.54, 1.807) is 24.3 Å². The van der Waals surface area contributed by atoms with Gasteiger partial charge in [-0.1, -0.05) is 70.7 Å². The molecule has 1 aliphatic carbocycles. The van der Waals surface area contributed by atoms with Crippen LogP contribution in [-0.4, -0.2) is 24.1 Å². The second-order valence-electron chi connectivity index (χ2n) is 8.26. The fourth-order valence-corrected chi connectivity index (χ4v) is 6.83. The van der Waals surface area contributed by atoms with Crippen molar-refractivity contribution in [2.45, 2.75) is 24.2 Å². The summed E-state index contributed by atoms with van der Waals surface area (Å²) in [6, 6.07) is 14.0. The molecule has 4 nitrogen and oxygen atoms in total. The summed E-state index contributed by atoms with van der Waals surface area (Å²) >= 11 is 26.0. The summed E-state index contributed by atoms with van der Waals surface area (Å²) in [5.74, 6) is 1.09. The Hall–Kier alpha value is -1.76. The van der Waals surface area contributed by atoms with E-state index in [1.165, 1.54) is 6.07 Å². The van der Waals surface area contributed by atoms with Crippen molar-refractivity contribution in [3.63, 3.8) is 0 Å². The fourth-order valence-electron chi connectivity index (χ4n) is 3.86. The first kappa shape index (κ1) is 23.0. The zero-order chi connectivity index (χ0) is 23.3. The highest BCUT2D eigenvalue weighted by Gasteiger charge is 2.29. The molecule has 1 fully saturated rings. The Balaban J connectivity index is 1.48. The Morgan fingerprint density at radius 1 is 0.939 bits per heavy atom. The first-order valence-corrected chi connectivity index (χ1v) is 13.5. The quantitative estimate of drug-likeness (QED) is 0.274. The molecule has 5 rings (SSSR count). The second kappa shape index (κ2) is 8.79. The number of hydrogen-bond acceptors (Lipinski definition) is 3. The molecule has 0 spiro atoms. The standard InChI is InChI=1S/C24H18Cl4N2O2S/c25-17-4-2-1-3-16(17)22-19(27)11-20-24(23(22)28)30-21(29-20)9-14-7-8-15(10-18(14)26)33(31,32)12-13-5-6-13/h1-4,7-8,10-11,13H,5-6,9,12H2,(H,29,30). The van der Waals surface area contributed by atoms with Gasteiger partial charge in [-0.2, -0.15) is 0 Å². The van der Waals surface area contributed by atoms with Gasteiger partial charge in [0.2, 0.25) is 0 Å².